The fraction of sp³-hybridized carbons (Fsp3) is 0.571. The molecule has 0 unspecified atom stereocenters. The van der Waals surface area contributed by atoms with E-state index in [-0.39, 0.29) is 0 Å². The molecule has 1 N–H and O–H groups in total. The first-order valence-electron chi connectivity index (χ1n) is 6.39. The molecule has 2 aliphatic rings. The lowest BCUT2D eigenvalue weighted by Crippen LogP contribution is -2.42. The minimum absolute atomic E-state index is 0.373. The van der Waals surface area contributed by atoms with E-state index in [0.29, 0.717) is 15.5 Å². The fourth-order valence-electron chi connectivity index (χ4n) is 3.42. The van der Waals surface area contributed by atoms with E-state index >= 15 is 0 Å². The van der Waals surface area contributed by atoms with Gasteiger partial charge >= 0.3 is 0 Å². The molecular weight excluding hydrogens is 253 g/mol. The van der Waals surface area contributed by atoms with Crippen molar-refractivity contribution < 1.29 is 0 Å². The van der Waals surface area contributed by atoms with Crippen LogP contribution in [0.5, 0.6) is 0 Å². The molecular formula is C14H17Cl2N. The highest BCUT2D eigenvalue weighted by molar-refractivity contribution is 6.42. The van der Waals surface area contributed by atoms with E-state index in [1.165, 1.54) is 31.2 Å². The molecule has 0 bridgehead atoms. The van der Waals surface area contributed by atoms with Crippen LogP contribution in [-0.2, 0) is 5.41 Å². The Kier molecular flexibility index (Phi) is 3.10. The number of halogens is 2. The van der Waals surface area contributed by atoms with Crippen LogP contribution in [0.15, 0.2) is 18.2 Å². The van der Waals surface area contributed by atoms with E-state index in [4.69, 9.17) is 23.2 Å². The smallest absolute Gasteiger partial charge is 0.0595 e. The number of rotatable bonds is 2. The molecule has 0 spiro atoms. The largest absolute Gasteiger partial charge is 0.316 e. The van der Waals surface area contributed by atoms with Crippen molar-refractivity contribution in [2.75, 3.05) is 13.1 Å². The van der Waals surface area contributed by atoms with Gasteiger partial charge in [-0.05, 0) is 61.4 Å². The van der Waals surface area contributed by atoms with Crippen LogP contribution >= 0.6 is 23.2 Å². The van der Waals surface area contributed by atoms with Crippen molar-refractivity contribution >= 4 is 23.2 Å². The Morgan fingerprint density at radius 2 is 2.00 bits per heavy atom. The molecule has 92 valence electrons. The van der Waals surface area contributed by atoms with E-state index < -0.39 is 0 Å². The number of hydrogen-bond donors (Lipinski definition) is 1. The van der Waals surface area contributed by atoms with Crippen LogP contribution in [0.4, 0.5) is 0 Å². The third-order valence-corrected chi connectivity index (χ3v) is 5.32. The lowest BCUT2D eigenvalue weighted by Gasteiger charge is -2.47. The Balaban J connectivity index is 1.96. The molecule has 1 heterocycles. The molecule has 1 atom stereocenters. The molecule has 1 aromatic carbocycles. The predicted molar refractivity (Wildman–Crippen MR) is 73.0 cm³/mol. The summed E-state index contributed by atoms with van der Waals surface area (Å²) in [7, 11) is 0. The van der Waals surface area contributed by atoms with Gasteiger partial charge in [0.2, 0.25) is 0 Å². The monoisotopic (exact) mass is 269 g/mol. The van der Waals surface area contributed by atoms with Crippen molar-refractivity contribution in [2.45, 2.75) is 31.1 Å². The van der Waals surface area contributed by atoms with E-state index in [1.807, 2.05) is 6.07 Å². The third-order valence-electron chi connectivity index (χ3n) is 4.58. The van der Waals surface area contributed by atoms with Crippen LogP contribution in [0, 0.1) is 5.92 Å². The van der Waals surface area contributed by atoms with Crippen LogP contribution in [0.1, 0.15) is 31.2 Å². The highest BCUT2D eigenvalue weighted by Gasteiger charge is 2.46. The van der Waals surface area contributed by atoms with E-state index in [1.54, 1.807) is 0 Å². The maximum absolute atomic E-state index is 6.16. The summed E-state index contributed by atoms with van der Waals surface area (Å²) in [6.07, 6.45) is 5.24. The van der Waals surface area contributed by atoms with Crippen LogP contribution in [0.3, 0.4) is 0 Å². The van der Waals surface area contributed by atoms with Crippen LogP contribution in [-0.4, -0.2) is 13.1 Å². The average molecular weight is 270 g/mol. The second-order valence-electron chi connectivity index (χ2n) is 5.33. The van der Waals surface area contributed by atoms with Crippen LogP contribution in [0.25, 0.3) is 0 Å². The molecule has 3 heteroatoms. The molecule has 2 fully saturated rings. The zero-order valence-corrected chi connectivity index (χ0v) is 11.3. The highest BCUT2D eigenvalue weighted by Crippen LogP contribution is 2.51. The average Bonchev–Trinajstić information content (AvgIpc) is 2.75. The van der Waals surface area contributed by atoms with Crippen molar-refractivity contribution in [3.63, 3.8) is 0 Å². The number of benzene rings is 1. The third kappa shape index (κ3) is 1.89. The topological polar surface area (TPSA) is 12.0 Å². The Morgan fingerprint density at radius 1 is 1.18 bits per heavy atom. The summed E-state index contributed by atoms with van der Waals surface area (Å²) < 4.78 is 0. The minimum atomic E-state index is 0.373. The summed E-state index contributed by atoms with van der Waals surface area (Å²) in [4.78, 5) is 0. The zero-order valence-electron chi connectivity index (χ0n) is 9.81. The second-order valence-corrected chi connectivity index (χ2v) is 6.14. The number of hydrogen-bond acceptors (Lipinski definition) is 1. The van der Waals surface area contributed by atoms with Crippen LogP contribution < -0.4 is 5.32 Å². The van der Waals surface area contributed by atoms with Gasteiger partial charge in [-0.25, -0.2) is 0 Å². The molecule has 1 nitrogen and oxygen atoms in total. The molecule has 17 heavy (non-hydrogen) atoms. The van der Waals surface area contributed by atoms with Crippen molar-refractivity contribution in [3.8, 4) is 0 Å². The first-order chi connectivity index (χ1) is 8.22. The van der Waals surface area contributed by atoms with Crippen molar-refractivity contribution in [3.05, 3.63) is 33.8 Å². The van der Waals surface area contributed by atoms with E-state index in [9.17, 15) is 0 Å². The lowest BCUT2D eigenvalue weighted by molar-refractivity contribution is 0.157. The SMILES string of the molecule is Clc1ccc(C2([C@@H]3CCNC3)CCC2)cc1Cl. The Bertz CT molecular complexity index is 420. The maximum Gasteiger partial charge on any atom is 0.0595 e. The van der Waals surface area contributed by atoms with Gasteiger partial charge in [-0.2, -0.15) is 0 Å². The summed E-state index contributed by atoms with van der Waals surface area (Å²) in [5.74, 6) is 0.772. The Labute approximate surface area is 112 Å². The van der Waals surface area contributed by atoms with Gasteiger partial charge in [0.15, 0.2) is 0 Å². The van der Waals surface area contributed by atoms with Gasteiger partial charge in [-0.15, -0.1) is 0 Å². The first kappa shape index (κ1) is 11.8. The summed E-state index contributed by atoms with van der Waals surface area (Å²) in [5, 5.41) is 4.84. The molecule has 3 rings (SSSR count). The Morgan fingerprint density at radius 3 is 2.53 bits per heavy atom. The fourth-order valence-corrected chi connectivity index (χ4v) is 3.72. The van der Waals surface area contributed by atoms with Gasteiger partial charge in [-0.3, -0.25) is 0 Å². The van der Waals surface area contributed by atoms with Gasteiger partial charge in [0.25, 0.3) is 0 Å². The molecule has 1 aliphatic heterocycles. The summed E-state index contributed by atoms with van der Waals surface area (Å²) >= 11 is 12.2. The van der Waals surface area contributed by atoms with Crippen molar-refractivity contribution in [1.29, 1.82) is 0 Å². The summed E-state index contributed by atoms with van der Waals surface area (Å²) in [6.45, 7) is 2.31. The standard InChI is InChI=1S/C14H17Cl2N/c15-12-3-2-10(8-13(12)16)14(5-1-6-14)11-4-7-17-9-11/h2-3,8,11,17H,1,4-7,9H2/t11-/m1/s1. The van der Waals surface area contributed by atoms with Gasteiger partial charge in [0.1, 0.15) is 0 Å². The predicted octanol–water partition coefficient (Wildman–Crippen LogP) is 4.02. The normalized spacial score (nSPS) is 26.8. The molecule has 1 aromatic rings. The van der Waals surface area contributed by atoms with Crippen LogP contribution in [0.2, 0.25) is 10.0 Å². The summed E-state index contributed by atoms with van der Waals surface area (Å²) in [6, 6.07) is 6.20. The first-order valence-corrected chi connectivity index (χ1v) is 7.14. The lowest BCUT2D eigenvalue weighted by atomic mass is 9.57. The summed E-state index contributed by atoms with van der Waals surface area (Å²) in [5.41, 5.74) is 1.77. The Hall–Kier alpha value is -0.240. The van der Waals surface area contributed by atoms with Crippen molar-refractivity contribution in [1.82, 2.24) is 5.32 Å². The van der Waals surface area contributed by atoms with E-state index in [2.05, 4.69) is 17.4 Å². The highest BCUT2D eigenvalue weighted by atomic mass is 35.5. The maximum atomic E-state index is 6.16. The van der Waals surface area contributed by atoms with Gasteiger partial charge < -0.3 is 5.32 Å². The van der Waals surface area contributed by atoms with Crippen molar-refractivity contribution in [2.24, 2.45) is 5.92 Å². The molecule has 0 aromatic heterocycles. The second kappa shape index (κ2) is 4.46. The quantitative estimate of drug-likeness (QED) is 0.855. The molecule has 0 amide bonds. The molecule has 0 radical (unpaired) electrons. The minimum Gasteiger partial charge on any atom is -0.316 e. The molecule has 1 saturated carbocycles. The zero-order chi connectivity index (χ0) is 11.9. The van der Waals surface area contributed by atoms with Gasteiger partial charge in [0, 0.05) is 0 Å². The van der Waals surface area contributed by atoms with Gasteiger partial charge in [-0.1, -0.05) is 35.7 Å². The van der Waals surface area contributed by atoms with E-state index in [0.717, 1.165) is 19.0 Å². The molecule has 1 aliphatic carbocycles. The van der Waals surface area contributed by atoms with Gasteiger partial charge in [0.05, 0.1) is 10.0 Å². The molecule has 1 saturated heterocycles. The number of nitrogens with one attached hydrogen (secondary N) is 1.